The van der Waals surface area contributed by atoms with Crippen molar-refractivity contribution in [2.45, 2.75) is 37.8 Å². The molecule has 0 spiro atoms. The standard InChI is InChI=1S/C12H13F7O4/c1-7(2)9(21)23-6-8(20)22-5-3-4-10(13,11(14,15)16)12(17,18)19/h1,3-6H2,2H3. The quantitative estimate of drug-likeness (QED) is 0.305. The average molecular weight is 354 g/mol. The number of hydrogen-bond donors (Lipinski definition) is 0. The molecule has 0 aromatic rings. The van der Waals surface area contributed by atoms with Crippen LogP contribution in [0, 0.1) is 0 Å². The van der Waals surface area contributed by atoms with Crippen LogP contribution >= 0.6 is 0 Å². The summed E-state index contributed by atoms with van der Waals surface area (Å²) < 4.78 is 95.0. The topological polar surface area (TPSA) is 52.6 Å². The molecule has 0 N–H and O–H groups in total. The molecule has 0 unspecified atom stereocenters. The molecule has 11 heteroatoms. The molecule has 0 rings (SSSR count). The van der Waals surface area contributed by atoms with Gasteiger partial charge in [-0.2, -0.15) is 26.3 Å². The highest BCUT2D eigenvalue weighted by molar-refractivity contribution is 5.88. The number of carbonyl (C=O) groups is 2. The van der Waals surface area contributed by atoms with Gasteiger partial charge in [-0.25, -0.2) is 14.0 Å². The number of hydrogen-bond acceptors (Lipinski definition) is 4. The van der Waals surface area contributed by atoms with Crippen molar-refractivity contribution in [3.63, 3.8) is 0 Å². The summed E-state index contributed by atoms with van der Waals surface area (Å²) in [6.45, 7) is 2.68. The predicted octanol–water partition coefficient (Wildman–Crippen LogP) is 3.26. The summed E-state index contributed by atoms with van der Waals surface area (Å²) in [5.74, 6) is -2.14. The van der Waals surface area contributed by atoms with E-state index in [9.17, 15) is 40.3 Å². The minimum atomic E-state index is -6.15. The summed E-state index contributed by atoms with van der Waals surface area (Å²) in [7, 11) is 0. The monoisotopic (exact) mass is 354 g/mol. The van der Waals surface area contributed by atoms with Crippen LogP contribution < -0.4 is 0 Å². The number of rotatable bonds is 7. The highest BCUT2D eigenvalue weighted by Crippen LogP contribution is 2.48. The zero-order valence-corrected chi connectivity index (χ0v) is 11.8. The third kappa shape index (κ3) is 6.06. The van der Waals surface area contributed by atoms with E-state index in [4.69, 9.17) is 0 Å². The molecule has 134 valence electrons. The molecule has 0 aliphatic rings. The van der Waals surface area contributed by atoms with E-state index < -0.39 is 56.0 Å². The van der Waals surface area contributed by atoms with Gasteiger partial charge in [0.05, 0.1) is 6.61 Å². The van der Waals surface area contributed by atoms with Crippen LogP contribution in [0.5, 0.6) is 0 Å². The second-order valence-electron chi connectivity index (χ2n) is 4.48. The molecule has 0 amide bonds. The Morgan fingerprint density at radius 1 is 0.957 bits per heavy atom. The highest BCUT2D eigenvalue weighted by atomic mass is 19.4. The van der Waals surface area contributed by atoms with Gasteiger partial charge in [0.1, 0.15) is 0 Å². The molecule has 0 aromatic carbocycles. The van der Waals surface area contributed by atoms with Gasteiger partial charge < -0.3 is 9.47 Å². The Morgan fingerprint density at radius 2 is 1.43 bits per heavy atom. The van der Waals surface area contributed by atoms with E-state index in [-0.39, 0.29) is 5.57 Å². The van der Waals surface area contributed by atoms with Gasteiger partial charge in [-0.1, -0.05) is 6.58 Å². The normalized spacial score (nSPS) is 12.7. The smallest absolute Gasteiger partial charge is 0.431 e. The first-order valence-electron chi connectivity index (χ1n) is 6.03. The Hall–Kier alpha value is -1.81. The van der Waals surface area contributed by atoms with E-state index in [0.29, 0.717) is 0 Å². The highest BCUT2D eigenvalue weighted by Gasteiger charge is 2.71. The van der Waals surface area contributed by atoms with Gasteiger partial charge in [0.2, 0.25) is 0 Å². The summed E-state index contributed by atoms with van der Waals surface area (Å²) >= 11 is 0. The first kappa shape index (κ1) is 21.2. The van der Waals surface area contributed by atoms with Crippen LogP contribution in [0.4, 0.5) is 30.7 Å². The van der Waals surface area contributed by atoms with Crippen molar-refractivity contribution in [2.24, 2.45) is 0 Å². The zero-order valence-electron chi connectivity index (χ0n) is 11.8. The summed E-state index contributed by atoms with van der Waals surface area (Å²) in [6.07, 6.45) is -15.3. The van der Waals surface area contributed by atoms with E-state index in [0.717, 1.165) is 0 Å². The van der Waals surface area contributed by atoms with Crippen LogP contribution in [0.3, 0.4) is 0 Å². The van der Waals surface area contributed by atoms with Crippen LogP contribution in [0.15, 0.2) is 12.2 Å². The Morgan fingerprint density at radius 3 is 1.83 bits per heavy atom. The van der Waals surface area contributed by atoms with E-state index >= 15 is 0 Å². The third-order valence-corrected chi connectivity index (χ3v) is 2.50. The molecular weight excluding hydrogens is 341 g/mol. The fourth-order valence-electron chi connectivity index (χ4n) is 1.24. The lowest BCUT2D eigenvalue weighted by molar-refractivity contribution is -0.343. The molecule has 0 atom stereocenters. The maximum atomic E-state index is 13.2. The van der Waals surface area contributed by atoms with Crippen molar-refractivity contribution < 1.29 is 49.8 Å². The van der Waals surface area contributed by atoms with Crippen LogP contribution in [-0.2, 0) is 19.1 Å². The Balaban J connectivity index is 4.36. The maximum absolute atomic E-state index is 13.2. The first-order valence-corrected chi connectivity index (χ1v) is 6.03. The van der Waals surface area contributed by atoms with Crippen molar-refractivity contribution in [2.75, 3.05) is 13.2 Å². The minimum absolute atomic E-state index is 0.0321. The maximum Gasteiger partial charge on any atom is 0.431 e. The number of alkyl halides is 7. The number of halogens is 7. The number of esters is 2. The summed E-state index contributed by atoms with van der Waals surface area (Å²) in [6, 6.07) is 0. The van der Waals surface area contributed by atoms with E-state index in [2.05, 4.69) is 16.1 Å². The molecule has 0 fully saturated rings. The van der Waals surface area contributed by atoms with Crippen LogP contribution in [0.2, 0.25) is 0 Å². The Kier molecular flexibility index (Phi) is 7.04. The lowest BCUT2D eigenvalue weighted by Crippen LogP contribution is -2.53. The molecule has 0 aliphatic heterocycles. The molecule has 23 heavy (non-hydrogen) atoms. The summed E-state index contributed by atoms with van der Waals surface area (Å²) in [4.78, 5) is 21.9. The van der Waals surface area contributed by atoms with E-state index in [1.54, 1.807) is 0 Å². The molecule has 0 radical (unpaired) electrons. The molecule has 0 aliphatic carbocycles. The van der Waals surface area contributed by atoms with Crippen LogP contribution in [0.1, 0.15) is 19.8 Å². The lowest BCUT2D eigenvalue weighted by Gasteiger charge is -2.29. The van der Waals surface area contributed by atoms with Gasteiger partial charge in [0.25, 0.3) is 5.67 Å². The van der Waals surface area contributed by atoms with E-state index in [1.165, 1.54) is 6.92 Å². The summed E-state index contributed by atoms with van der Waals surface area (Å²) in [5, 5.41) is 0. The predicted molar refractivity (Wildman–Crippen MR) is 61.9 cm³/mol. The minimum Gasteiger partial charge on any atom is -0.463 e. The van der Waals surface area contributed by atoms with Crippen molar-refractivity contribution >= 4 is 11.9 Å². The van der Waals surface area contributed by atoms with Gasteiger partial charge in [-0.15, -0.1) is 0 Å². The fourth-order valence-corrected chi connectivity index (χ4v) is 1.24. The zero-order chi connectivity index (χ0) is 18.5. The second-order valence-corrected chi connectivity index (χ2v) is 4.48. The van der Waals surface area contributed by atoms with Crippen molar-refractivity contribution in [1.82, 2.24) is 0 Å². The van der Waals surface area contributed by atoms with Gasteiger partial charge in [-0.3, -0.25) is 0 Å². The molecular formula is C12H13F7O4. The third-order valence-electron chi connectivity index (χ3n) is 2.50. The van der Waals surface area contributed by atoms with Crippen molar-refractivity contribution in [3.05, 3.63) is 12.2 Å². The first-order chi connectivity index (χ1) is 10.2. The van der Waals surface area contributed by atoms with Gasteiger partial charge in [0, 0.05) is 12.0 Å². The summed E-state index contributed by atoms with van der Waals surface area (Å²) in [5.41, 5.74) is -5.42. The Bertz CT molecular complexity index is 439. The molecule has 0 saturated heterocycles. The SMILES string of the molecule is C=C(C)C(=O)OCC(=O)OCCCC(F)(C(F)(F)F)C(F)(F)F. The Labute approximate surface area is 126 Å². The second kappa shape index (κ2) is 7.64. The van der Waals surface area contributed by atoms with Crippen LogP contribution in [0.25, 0.3) is 0 Å². The van der Waals surface area contributed by atoms with Crippen molar-refractivity contribution in [1.29, 1.82) is 0 Å². The number of ether oxygens (including phenoxy) is 2. The van der Waals surface area contributed by atoms with Crippen LogP contribution in [-0.4, -0.2) is 43.2 Å². The van der Waals surface area contributed by atoms with Gasteiger partial charge in [0.15, 0.2) is 6.61 Å². The molecule has 0 heterocycles. The largest absolute Gasteiger partial charge is 0.463 e. The lowest BCUT2D eigenvalue weighted by atomic mass is 9.98. The van der Waals surface area contributed by atoms with E-state index in [1.807, 2.05) is 0 Å². The molecule has 0 bridgehead atoms. The van der Waals surface area contributed by atoms with Gasteiger partial charge in [-0.05, 0) is 13.3 Å². The van der Waals surface area contributed by atoms with Crippen molar-refractivity contribution in [3.8, 4) is 0 Å². The molecule has 0 aromatic heterocycles. The molecule has 4 nitrogen and oxygen atoms in total. The molecule has 0 saturated carbocycles. The van der Waals surface area contributed by atoms with Gasteiger partial charge >= 0.3 is 24.3 Å². The fraction of sp³-hybridized carbons (Fsp3) is 0.667. The average Bonchev–Trinajstić information content (AvgIpc) is 2.37. The number of carbonyl (C=O) groups excluding carboxylic acids is 2.